The van der Waals surface area contributed by atoms with Gasteiger partial charge in [-0.15, -0.1) is 0 Å². The number of carbonyl (C=O) groups excluding carboxylic acids is 3. The van der Waals surface area contributed by atoms with Crippen LogP contribution in [0.4, 0.5) is 0 Å². The lowest BCUT2D eigenvalue weighted by molar-refractivity contribution is -0.139. The maximum Gasteiger partial charge on any atom is 0.289 e. The Bertz CT molecular complexity index is 888. The van der Waals surface area contributed by atoms with Crippen LogP contribution in [0.2, 0.25) is 0 Å². The molecule has 8 heteroatoms. The molecular weight excluding hydrogens is 398 g/mol. The maximum atomic E-state index is 12.9. The van der Waals surface area contributed by atoms with E-state index in [2.05, 4.69) is 15.6 Å². The van der Waals surface area contributed by atoms with Gasteiger partial charge < -0.3 is 20.1 Å². The number of hydrogen-bond acceptors (Lipinski definition) is 6. The minimum Gasteiger partial charge on any atom is -0.379 e. The minimum atomic E-state index is -0.923. The molecule has 31 heavy (non-hydrogen) atoms. The van der Waals surface area contributed by atoms with Crippen LogP contribution in [0.25, 0.3) is 0 Å². The van der Waals surface area contributed by atoms with E-state index in [0.717, 1.165) is 0 Å². The number of fused-ring (bicyclic) bond motifs is 1. The molecule has 8 nitrogen and oxygen atoms in total. The van der Waals surface area contributed by atoms with Crippen LogP contribution in [-0.2, 0) is 32.2 Å². The molecule has 0 bridgehead atoms. The molecule has 164 valence electrons. The van der Waals surface area contributed by atoms with E-state index in [1.54, 1.807) is 42.6 Å². The van der Waals surface area contributed by atoms with Gasteiger partial charge in [0.2, 0.25) is 5.78 Å². The van der Waals surface area contributed by atoms with Gasteiger partial charge in [-0.2, -0.15) is 0 Å². The second-order valence-corrected chi connectivity index (χ2v) is 7.21. The number of Topliss-reactive ketones (excluding diaryl/α,β-unsaturated/α-hetero) is 1. The summed E-state index contributed by atoms with van der Waals surface area (Å²) in [6, 6.07) is 11.5. The van der Waals surface area contributed by atoms with Crippen molar-refractivity contribution in [1.82, 2.24) is 15.6 Å². The normalized spacial score (nSPS) is 18.2. The summed E-state index contributed by atoms with van der Waals surface area (Å²) in [5.41, 5.74) is 1.78. The Morgan fingerprint density at radius 3 is 2.68 bits per heavy atom. The van der Waals surface area contributed by atoms with Crippen LogP contribution in [0.1, 0.15) is 40.9 Å². The van der Waals surface area contributed by atoms with Crippen LogP contribution in [0.15, 0.2) is 48.7 Å². The zero-order valence-electron chi connectivity index (χ0n) is 17.3. The smallest absolute Gasteiger partial charge is 0.289 e. The monoisotopic (exact) mass is 425 g/mol. The summed E-state index contributed by atoms with van der Waals surface area (Å²) >= 11 is 0. The van der Waals surface area contributed by atoms with Crippen molar-refractivity contribution in [3.63, 3.8) is 0 Å². The summed E-state index contributed by atoms with van der Waals surface area (Å²) in [6.45, 7) is 1.83. The third-order valence-corrected chi connectivity index (χ3v) is 4.92. The standard InChI is InChI=1S/C23H27N3O5/c27-21(23(29)25-15-18-8-3-5-11-24-18)20-10-4-6-12-30-13-14-31-16-17-7-1-2-9-19(17)22(28)26-20/h1-3,5,7-9,11,20H,4,6,10,12-16H2,(H,25,29)(H,26,28). The average molecular weight is 425 g/mol. The number of ketones is 1. The fourth-order valence-corrected chi connectivity index (χ4v) is 3.25. The molecule has 2 aromatic rings. The molecule has 1 aliphatic rings. The predicted molar refractivity (Wildman–Crippen MR) is 113 cm³/mol. The van der Waals surface area contributed by atoms with Gasteiger partial charge in [-0.25, -0.2) is 0 Å². The maximum absolute atomic E-state index is 12.9. The lowest BCUT2D eigenvalue weighted by Crippen LogP contribution is -2.47. The zero-order valence-corrected chi connectivity index (χ0v) is 17.3. The fourth-order valence-electron chi connectivity index (χ4n) is 3.25. The van der Waals surface area contributed by atoms with Crippen LogP contribution < -0.4 is 10.6 Å². The first kappa shape index (κ1) is 22.6. The van der Waals surface area contributed by atoms with Crippen molar-refractivity contribution in [2.75, 3.05) is 19.8 Å². The molecular formula is C23H27N3O5. The van der Waals surface area contributed by atoms with Gasteiger partial charge in [-0.1, -0.05) is 24.3 Å². The lowest BCUT2D eigenvalue weighted by atomic mass is 10.0. The van der Waals surface area contributed by atoms with Gasteiger partial charge in [0.15, 0.2) is 0 Å². The lowest BCUT2D eigenvalue weighted by Gasteiger charge is -2.19. The van der Waals surface area contributed by atoms with Gasteiger partial charge in [0.25, 0.3) is 11.8 Å². The molecule has 2 heterocycles. The van der Waals surface area contributed by atoms with Crippen molar-refractivity contribution in [3.8, 4) is 0 Å². The van der Waals surface area contributed by atoms with Gasteiger partial charge in [-0.05, 0) is 43.0 Å². The molecule has 1 aromatic carbocycles. The number of rotatable bonds is 4. The number of nitrogens with one attached hydrogen (secondary N) is 2. The van der Waals surface area contributed by atoms with Crippen LogP contribution in [0.5, 0.6) is 0 Å². The fraction of sp³-hybridized carbons (Fsp3) is 0.391. The van der Waals surface area contributed by atoms with Crippen molar-refractivity contribution in [3.05, 3.63) is 65.5 Å². The van der Waals surface area contributed by atoms with E-state index in [1.807, 2.05) is 6.07 Å². The number of amides is 2. The van der Waals surface area contributed by atoms with E-state index in [9.17, 15) is 14.4 Å². The summed E-state index contributed by atoms with van der Waals surface area (Å²) in [6.07, 6.45) is 3.31. The number of hydrogen-bond donors (Lipinski definition) is 2. The number of pyridine rings is 1. The highest BCUT2D eigenvalue weighted by Crippen LogP contribution is 2.13. The van der Waals surface area contributed by atoms with E-state index >= 15 is 0 Å². The molecule has 1 atom stereocenters. The van der Waals surface area contributed by atoms with Crippen LogP contribution >= 0.6 is 0 Å². The molecule has 0 saturated heterocycles. The summed E-state index contributed by atoms with van der Waals surface area (Å²) in [7, 11) is 0. The van der Waals surface area contributed by atoms with Crippen LogP contribution in [0.3, 0.4) is 0 Å². The van der Waals surface area contributed by atoms with Crippen molar-refractivity contribution in [2.45, 2.75) is 38.5 Å². The Hall–Kier alpha value is -3.10. The number of nitrogens with zero attached hydrogens (tertiary/aromatic N) is 1. The Kier molecular flexibility index (Phi) is 8.69. The highest BCUT2D eigenvalue weighted by atomic mass is 16.5. The first-order valence-corrected chi connectivity index (χ1v) is 10.4. The van der Waals surface area contributed by atoms with Crippen molar-refractivity contribution in [2.24, 2.45) is 0 Å². The Morgan fingerprint density at radius 1 is 1.03 bits per heavy atom. The summed E-state index contributed by atoms with van der Waals surface area (Å²) in [5.74, 6) is -1.82. The van der Waals surface area contributed by atoms with E-state index in [1.165, 1.54) is 0 Å². The molecule has 2 N–H and O–H groups in total. The first-order valence-electron chi connectivity index (χ1n) is 10.4. The van der Waals surface area contributed by atoms with Gasteiger partial charge in [0, 0.05) is 18.4 Å². The Balaban J connectivity index is 1.70. The van der Waals surface area contributed by atoms with Gasteiger partial charge in [0.1, 0.15) is 0 Å². The summed E-state index contributed by atoms with van der Waals surface area (Å²) in [5, 5.41) is 5.33. The number of carbonyl (C=O) groups is 3. The van der Waals surface area contributed by atoms with Crippen molar-refractivity contribution >= 4 is 17.6 Å². The molecule has 0 spiro atoms. The third kappa shape index (κ3) is 6.97. The largest absolute Gasteiger partial charge is 0.379 e. The van der Waals surface area contributed by atoms with Crippen molar-refractivity contribution in [1.29, 1.82) is 0 Å². The minimum absolute atomic E-state index is 0.139. The van der Waals surface area contributed by atoms with Gasteiger partial charge in [0.05, 0.1) is 38.1 Å². The number of ether oxygens (including phenoxy) is 2. The van der Waals surface area contributed by atoms with Gasteiger partial charge >= 0.3 is 0 Å². The summed E-state index contributed by atoms with van der Waals surface area (Å²) < 4.78 is 11.1. The topological polar surface area (TPSA) is 107 Å². The molecule has 1 unspecified atom stereocenters. The third-order valence-electron chi connectivity index (χ3n) is 4.92. The number of aromatic nitrogens is 1. The second kappa shape index (κ2) is 11.9. The zero-order chi connectivity index (χ0) is 21.9. The molecule has 0 radical (unpaired) electrons. The predicted octanol–water partition coefficient (Wildman–Crippen LogP) is 1.78. The molecule has 1 aliphatic heterocycles. The highest BCUT2D eigenvalue weighted by molar-refractivity contribution is 6.38. The molecule has 0 fully saturated rings. The quantitative estimate of drug-likeness (QED) is 0.724. The Labute approximate surface area is 181 Å². The second-order valence-electron chi connectivity index (χ2n) is 7.21. The molecule has 2 amide bonds. The SMILES string of the molecule is O=C(NCc1ccccn1)C(=O)C1CCCCOCCOCc2ccccc2C(=O)N1. The molecule has 3 rings (SSSR count). The van der Waals surface area contributed by atoms with Gasteiger partial charge in [-0.3, -0.25) is 19.4 Å². The average Bonchev–Trinajstić information content (AvgIpc) is 2.80. The first-order chi connectivity index (χ1) is 15.1. The number of benzene rings is 1. The van der Waals surface area contributed by atoms with E-state index < -0.39 is 23.6 Å². The molecule has 1 aromatic heterocycles. The molecule has 0 saturated carbocycles. The summed E-state index contributed by atoms with van der Waals surface area (Å²) in [4.78, 5) is 42.3. The highest BCUT2D eigenvalue weighted by Gasteiger charge is 2.27. The van der Waals surface area contributed by atoms with Crippen molar-refractivity contribution < 1.29 is 23.9 Å². The van der Waals surface area contributed by atoms with E-state index in [-0.39, 0.29) is 13.2 Å². The van der Waals surface area contributed by atoms with E-state index in [0.29, 0.717) is 55.9 Å². The molecule has 0 aliphatic carbocycles. The van der Waals surface area contributed by atoms with Crippen LogP contribution in [-0.4, -0.2) is 48.4 Å². The van der Waals surface area contributed by atoms with Crippen LogP contribution in [0, 0.1) is 0 Å². The Morgan fingerprint density at radius 2 is 1.84 bits per heavy atom. The van der Waals surface area contributed by atoms with E-state index in [4.69, 9.17) is 9.47 Å².